The van der Waals surface area contributed by atoms with Crippen molar-refractivity contribution < 1.29 is 9.59 Å². The lowest BCUT2D eigenvalue weighted by molar-refractivity contribution is -0.118. The molecule has 20 heavy (non-hydrogen) atoms. The van der Waals surface area contributed by atoms with Gasteiger partial charge in [0.05, 0.1) is 10.6 Å². The maximum absolute atomic E-state index is 12.2. The molecule has 1 aliphatic carbocycles. The van der Waals surface area contributed by atoms with Gasteiger partial charge in [0, 0.05) is 24.1 Å². The topological polar surface area (TPSA) is 49.4 Å². The Morgan fingerprint density at radius 1 is 1.40 bits per heavy atom. The van der Waals surface area contributed by atoms with E-state index >= 15 is 0 Å². The van der Waals surface area contributed by atoms with Crippen molar-refractivity contribution >= 4 is 29.3 Å². The molecule has 0 spiro atoms. The fraction of sp³-hybridized carbons (Fsp3) is 0.333. The predicted molar refractivity (Wildman–Crippen MR) is 79.6 cm³/mol. The summed E-state index contributed by atoms with van der Waals surface area (Å²) in [6, 6.07) is 7.99. The molecule has 1 fully saturated rings. The van der Waals surface area contributed by atoms with Gasteiger partial charge in [0.25, 0.3) is 5.91 Å². The summed E-state index contributed by atoms with van der Waals surface area (Å²) < 4.78 is 0. The quantitative estimate of drug-likeness (QED) is 0.850. The fourth-order valence-corrected chi connectivity index (χ4v) is 3.35. The zero-order chi connectivity index (χ0) is 14.1. The molecule has 0 bridgehead atoms. The van der Waals surface area contributed by atoms with E-state index in [-0.39, 0.29) is 17.9 Å². The highest BCUT2D eigenvalue weighted by molar-refractivity contribution is 8.04. The Balaban J connectivity index is 1.80. The van der Waals surface area contributed by atoms with Crippen LogP contribution in [0.4, 0.5) is 5.69 Å². The third-order valence-electron chi connectivity index (χ3n) is 3.68. The lowest BCUT2D eigenvalue weighted by Gasteiger charge is -2.28. The molecule has 1 aliphatic heterocycles. The maximum Gasteiger partial charge on any atom is 0.265 e. The van der Waals surface area contributed by atoms with Gasteiger partial charge in [-0.15, -0.1) is 0 Å². The van der Waals surface area contributed by atoms with Crippen LogP contribution in [0.1, 0.15) is 19.3 Å². The number of carbonyl (C=O) groups excluding carboxylic acids is 2. The first-order valence-corrected chi connectivity index (χ1v) is 7.54. The van der Waals surface area contributed by atoms with E-state index in [2.05, 4.69) is 5.32 Å². The maximum atomic E-state index is 12.2. The van der Waals surface area contributed by atoms with Crippen LogP contribution in [-0.2, 0) is 9.59 Å². The highest BCUT2D eigenvalue weighted by Gasteiger charge is 2.27. The van der Waals surface area contributed by atoms with Crippen molar-refractivity contribution in [3.63, 3.8) is 0 Å². The van der Waals surface area contributed by atoms with Crippen molar-refractivity contribution in [3.8, 4) is 0 Å². The molecule has 1 heterocycles. The Bertz CT molecular complexity index is 593. The molecule has 2 amide bonds. The predicted octanol–water partition coefficient (Wildman–Crippen LogP) is 2.31. The molecule has 1 aromatic carbocycles. The standard InChI is InChI=1S/C15H16N2O2S/c1-17-11-7-2-3-8-12(11)20-13(15(17)19)9-14(18)16-10-5-4-6-10/h2-3,7-10H,4-6H2,1H3,(H,16,18)/b13-9+. The second-order valence-corrected chi connectivity index (χ2v) is 6.16. The molecule has 5 heteroatoms. The molecular formula is C15H16N2O2S. The molecule has 0 radical (unpaired) electrons. The van der Waals surface area contributed by atoms with Gasteiger partial charge in [0.15, 0.2) is 0 Å². The number of thioether (sulfide) groups is 1. The number of nitrogens with zero attached hydrogens (tertiary/aromatic N) is 1. The number of anilines is 1. The van der Waals surface area contributed by atoms with Crippen LogP contribution >= 0.6 is 11.8 Å². The number of rotatable bonds is 2. The van der Waals surface area contributed by atoms with E-state index in [9.17, 15) is 9.59 Å². The van der Waals surface area contributed by atoms with Gasteiger partial charge in [-0.05, 0) is 31.4 Å². The number of likely N-dealkylation sites (N-methyl/N-ethyl adjacent to an activating group) is 1. The first kappa shape index (κ1) is 13.2. The van der Waals surface area contributed by atoms with Gasteiger partial charge in [-0.25, -0.2) is 0 Å². The molecule has 0 unspecified atom stereocenters. The molecule has 0 saturated heterocycles. The van der Waals surface area contributed by atoms with E-state index in [0.29, 0.717) is 4.91 Å². The summed E-state index contributed by atoms with van der Waals surface area (Å²) in [7, 11) is 1.73. The summed E-state index contributed by atoms with van der Waals surface area (Å²) in [5, 5.41) is 2.92. The Morgan fingerprint density at radius 3 is 2.85 bits per heavy atom. The summed E-state index contributed by atoms with van der Waals surface area (Å²) in [6.07, 6.45) is 4.68. The monoisotopic (exact) mass is 288 g/mol. The van der Waals surface area contributed by atoms with Gasteiger partial charge >= 0.3 is 0 Å². The molecule has 0 atom stereocenters. The molecule has 2 aliphatic rings. The molecule has 4 nitrogen and oxygen atoms in total. The minimum atomic E-state index is -0.168. The average molecular weight is 288 g/mol. The van der Waals surface area contributed by atoms with E-state index < -0.39 is 0 Å². The minimum absolute atomic E-state index is 0.127. The van der Waals surface area contributed by atoms with Gasteiger partial charge < -0.3 is 10.2 Å². The van der Waals surface area contributed by atoms with Crippen LogP contribution in [-0.4, -0.2) is 24.9 Å². The number of para-hydroxylation sites is 1. The molecule has 104 valence electrons. The van der Waals surface area contributed by atoms with E-state index in [4.69, 9.17) is 0 Å². The van der Waals surface area contributed by atoms with E-state index in [1.54, 1.807) is 11.9 Å². The van der Waals surface area contributed by atoms with Crippen LogP contribution in [0.15, 0.2) is 40.1 Å². The zero-order valence-electron chi connectivity index (χ0n) is 11.3. The Hall–Kier alpha value is -1.75. The van der Waals surface area contributed by atoms with Crippen LogP contribution < -0.4 is 10.2 Å². The molecule has 1 aromatic rings. The van der Waals surface area contributed by atoms with Crippen molar-refractivity contribution in [1.29, 1.82) is 0 Å². The lowest BCUT2D eigenvalue weighted by atomic mass is 9.93. The smallest absolute Gasteiger partial charge is 0.265 e. The van der Waals surface area contributed by atoms with Gasteiger partial charge in [-0.3, -0.25) is 9.59 Å². The molecule has 0 aromatic heterocycles. The summed E-state index contributed by atoms with van der Waals surface area (Å²) in [5.41, 5.74) is 0.888. The number of fused-ring (bicyclic) bond motifs is 1. The normalized spacial score (nSPS) is 20.6. The van der Waals surface area contributed by atoms with E-state index in [1.807, 2.05) is 24.3 Å². The van der Waals surface area contributed by atoms with Crippen molar-refractivity contribution in [1.82, 2.24) is 5.32 Å². The van der Waals surface area contributed by atoms with Gasteiger partial charge in [0.1, 0.15) is 0 Å². The molecular weight excluding hydrogens is 272 g/mol. The Labute approximate surface area is 122 Å². The van der Waals surface area contributed by atoms with Crippen LogP contribution in [0.25, 0.3) is 0 Å². The number of nitrogens with one attached hydrogen (secondary N) is 1. The van der Waals surface area contributed by atoms with Crippen LogP contribution in [0.5, 0.6) is 0 Å². The molecule has 1 saturated carbocycles. The van der Waals surface area contributed by atoms with Crippen LogP contribution in [0.3, 0.4) is 0 Å². The van der Waals surface area contributed by atoms with E-state index in [1.165, 1.54) is 24.3 Å². The summed E-state index contributed by atoms with van der Waals surface area (Å²) in [6.45, 7) is 0. The number of hydrogen-bond donors (Lipinski definition) is 1. The summed E-state index contributed by atoms with van der Waals surface area (Å²) >= 11 is 1.36. The number of hydrogen-bond acceptors (Lipinski definition) is 3. The van der Waals surface area contributed by atoms with Gasteiger partial charge in [-0.1, -0.05) is 23.9 Å². The average Bonchev–Trinajstić information content (AvgIpc) is 2.40. The number of amides is 2. The first-order valence-electron chi connectivity index (χ1n) is 6.72. The Morgan fingerprint density at radius 2 is 2.15 bits per heavy atom. The van der Waals surface area contributed by atoms with Crippen LogP contribution in [0.2, 0.25) is 0 Å². The highest BCUT2D eigenvalue weighted by Crippen LogP contribution is 2.40. The molecule has 3 rings (SSSR count). The highest BCUT2D eigenvalue weighted by atomic mass is 32.2. The fourth-order valence-electron chi connectivity index (χ4n) is 2.26. The van der Waals surface area contributed by atoms with Crippen LogP contribution in [0, 0.1) is 0 Å². The second-order valence-electron chi connectivity index (χ2n) is 5.08. The third-order valence-corrected chi connectivity index (χ3v) is 4.75. The van der Waals surface area contributed by atoms with Crippen molar-refractivity contribution in [2.75, 3.05) is 11.9 Å². The SMILES string of the molecule is CN1C(=O)/C(=C\C(=O)NC2CCC2)Sc2ccccc21. The summed E-state index contributed by atoms with van der Waals surface area (Å²) in [4.78, 5) is 27.2. The zero-order valence-corrected chi connectivity index (χ0v) is 12.1. The summed E-state index contributed by atoms with van der Waals surface area (Å²) in [5.74, 6) is -0.296. The second kappa shape index (κ2) is 5.32. The van der Waals surface area contributed by atoms with E-state index in [0.717, 1.165) is 23.4 Å². The number of benzene rings is 1. The van der Waals surface area contributed by atoms with Crippen molar-refractivity contribution in [2.24, 2.45) is 0 Å². The van der Waals surface area contributed by atoms with Gasteiger partial charge in [0.2, 0.25) is 5.91 Å². The molecule has 1 N–H and O–H groups in total. The first-order chi connectivity index (χ1) is 9.65. The van der Waals surface area contributed by atoms with Gasteiger partial charge in [-0.2, -0.15) is 0 Å². The third kappa shape index (κ3) is 2.45. The van der Waals surface area contributed by atoms with Crippen molar-refractivity contribution in [3.05, 3.63) is 35.2 Å². The van der Waals surface area contributed by atoms with Crippen molar-refractivity contribution in [2.45, 2.75) is 30.2 Å². The number of carbonyl (C=O) groups is 2. The lowest BCUT2D eigenvalue weighted by Crippen LogP contribution is -2.39. The minimum Gasteiger partial charge on any atom is -0.350 e. The Kier molecular flexibility index (Phi) is 3.53. The largest absolute Gasteiger partial charge is 0.350 e.